The smallest absolute Gasteiger partial charge is 0.251 e. The molecule has 0 saturated carbocycles. The lowest BCUT2D eigenvalue weighted by molar-refractivity contribution is 0.0951. The van der Waals surface area contributed by atoms with Crippen molar-refractivity contribution in [1.29, 1.82) is 5.26 Å². The number of benzene rings is 1. The van der Waals surface area contributed by atoms with Gasteiger partial charge in [0.25, 0.3) is 5.91 Å². The molecule has 0 bridgehead atoms. The van der Waals surface area contributed by atoms with Crippen LogP contribution in [0.3, 0.4) is 0 Å². The van der Waals surface area contributed by atoms with Gasteiger partial charge in [-0.1, -0.05) is 11.6 Å². The van der Waals surface area contributed by atoms with Gasteiger partial charge in [0.05, 0.1) is 22.5 Å². The van der Waals surface area contributed by atoms with E-state index in [4.69, 9.17) is 16.9 Å². The van der Waals surface area contributed by atoms with Crippen LogP contribution in [0.5, 0.6) is 0 Å². The van der Waals surface area contributed by atoms with Crippen molar-refractivity contribution in [3.8, 4) is 6.07 Å². The van der Waals surface area contributed by atoms with Gasteiger partial charge in [0.1, 0.15) is 0 Å². The molecule has 1 heterocycles. The van der Waals surface area contributed by atoms with E-state index < -0.39 is 0 Å². The van der Waals surface area contributed by atoms with Crippen LogP contribution < -0.4 is 5.32 Å². The largest absolute Gasteiger partial charge is 0.347 e. The first-order valence-electron chi connectivity index (χ1n) is 5.21. The van der Waals surface area contributed by atoms with Gasteiger partial charge in [-0.05, 0) is 36.4 Å². The highest BCUT2D eigenvalue weighted by Crippen LogP contribution is 2.21. The van der Waals surface area contributed by atoms with Crippen molar-refractivity contribution >= 4 is 28.8 Å². The highest BCUT2D eigenvalue weighted by atomic mass is 35.5. The highest BCUT2D eigenvalue weighted by molar-refractivity contribution is 7.16. The molecule has 90 valence electrons. The van der Waals surface area contributed by atoms with Gasteiger partial charge in [-0.2, -0.15) is 5.26 Å². The van der Waals surface area contributed by atoms with Gasteiger partial charge >= 0.3 is 0 Å². The summed E-state index contributed by atoms with van der Waals surface area (Å²) in [6, 6.07) is 12.2. The van der Waals surface area contributed by atoms with E-state index in [0.717, 1.165) is 4.88 Å². The molecular weight excluding hydrogens is 268 g/mol. The van der Waals surface area contributed by atoms with Crippen molar-refractivity contribution < 1.29 is 4.79 Å². The Morgan fingerprint density at radius 3 is 2.56 bits per heavy atom. The van der Waals surface area contributed by atoms with E-state index in [1.165, 1.54) is 11.3 Å². The van der Waals surface area contributed by atoms with Crippen LogP contribution in [0.4, 0.5) is 0 Å². The van der Waals surface area contributed by atoms with Gasteiger partial charge in [-0.15, -0.1) is 11.3 Å². The first kappa shape index (κ1) is 12.6. The molecule has 0 atom stereocenters. The zero-order chi connectivity index (χ0) is 13.0. The molecule has 0 saturated heterocycles. The Hall–Kier alpha value is -1.83. The van der Waals surface area contributed by atoms with Gasteiger partial charge in [-0.3, -0.25) is 4.79 Å². The second kappa shape index (κ2) is 5.67. The number of hydrogen-bond donors (Lipinski definition) is 1. The van der Waals surface area contributed by atoms with Crippen molar-refractivity contribution in [2.45, 2.75) is 6.54 Å². The van der Waals surface area contributed by atoms with Crippen LogP contribution in [0.1, 0.15) is 20.8 Å². The van der Waals surface area contributed by atoms with Crippen molar-refractivity contribution in [3.63, 3.8) is 0 Å². The van der Waals surface area contributed by atoms with Gasteiger partial charge in [-0.25, -0.2) is 0 Å². The first-order valence-corrected chi connectivity index (χ1v) is 6.41. The quantitative estimate of drug-likeness (QED) is 0.936. The van der Waals surface area contributed by atoms with Crippen LogP contribution in [0.15, 0.2) is 36.4 Å². The number of amides is 1. The van der Waals surface area contributed by atoms with Crippen LogP contribution >= 0.6 is 22.9 Å². The lowest BCUT2D eigenvalue weighted by Gasteiger charge is -2.03. The second-order valence-electron chi connectivity index (χ2n) is 3.58. The fraction of sp³-hybridized carbons (Fsp3) is 0.0769. The lowest BCUT2D eigenvalue weighted by atomic mass is 10.1. The molecule has 1 amide bonds. The van der Waals surface area contributed by atoms with E-state index in [2.05, 4.69) is 5.32 Å². The van der Waals surface area contributed by atoms with Gasteiger partial charge < -0.3 is 5.32 Å². The molecule has 1 N–H and O–H groups in total. The van der Waals surface area contributed by atoms with Crippen molar-refractivity contribution in [3.05, 3.63) is 56.7 Å². The summed E-state index contributed by atoms with van der Waals surface area (Å²) in [5.41, 5.74) is 1.08. The predicted molar refractivity (Wildman–Crippen MR) is 71.7 cm³/mol. The average Bonchev–Trinajstić information content (AvgIpc) is 2.82. The topological polar surface area (TPSA) is 52.9 Å². The van der Waals surface area contributed by atoms with Crippen LogP contribution in [-0.2, 0) is 6.54 Å². The maximum atomic E-state index is 11.8. The summed E-state index contributed by atoms with van der Waals surface area (Å²) in [4.78, 5) is 12.8. The molecule has 3 nitrogen and oxygen atoms in total. The van der Waals surface area contributed by atoms with Gasteiger partial charge in [0.2, 0.25) is 0 Å². The third-order valence-electron chi connectivity index (χ3n) is 2.33. The molecule has 0 aliphatic rings. The normalized spacial score (nSPS) is 9.78. The molecule has 0 aliphatic carbocycles. The molecule has 5 heteroatoms. The molecule has 18 heavy (non-hydrogen) atoms. The summed E-state index contributed by atoms with van der Waals surface area (Å²) >= 11 is 7.24. The standard InChI is InChI=1S/C13H9ClN2OS/c14-12-6-5-11(18-12)8-16-13(17)10-3-1-9(7-15)2-4-10/h1-6H,8H2,(H,16,17). The van der Waals surface area contributed by atoms with E-state index in [-0.39, 0.29) is 5.91 Å². The maximum Gasteiger partial charge on any atom is 0.251 e. The minimum Gasteiger partial charge on any atom is -0.347 e. The molecule has 2 aromatic rings. The molecule has 2 rings (SSSR count). The van der Waals surface area contributed by atoms with Gasteiger partial charge in [0, 0.05) is 10.4 Å². The van der Waals surface area contributed by atoms with E-state index in [1.54, 1.807) is 30.3 Å². The Kier molecular flexibility index (Phi) is 3.98. The third-order valence-corrected chi connectivity index (χ3v) is 3.56. The Bertz CT molecular complexity index is 598. The first-order chi connectivity index (χ1) is 8.69. The number of nitriles is 1. The van der Waals surface area contributed by atoms with Crippen molar-refractivity contribution in [1.82, 2.24) is 5.32 Å². The monoisotopic (exact) mass is 276 g/mol. The van der Waals surface area contributed by atoms with Crippen molar-refractivity contribution in [2.75, 3.05) is 0 Å². The van der Waals surface area contributed by atoms with Crippen molar-refractivity contribution in [2.24, 2.45) is 0 Å². The number of carbonyl (C=O) groups excluding carboxylic acids is 1. The summed E-state index contributed by atoms with van der Waals surface area (Å²) < 4.78 is 0.706. The Morgan fingerprint density at radius 2 is 2.00 bits per heavy atom. The molecule has 1 aromatic carbocycles. The summed E-state index contributed by atoms with van der Waals surface area (Å²) in [5, 5.41) is 11.5. The fourth-order valence-electron chi connectivity index (χ4n) is 1.41. The molecule has 0 radical (unpaired) electrons. The van der Waals surface area contributed by atoms with E-state index in [0.29, 0.717) is 22.0 Å². The number of halogens is 1. The second-order valence-corrected chi connectivity index (χ2v) is 5.38. The number of nitrogens with zero attached hydrogens (tertiary/aromatic N) is 1. The number of rotatable bonds is 3. The summed E-state index contributed by atoms with van der Waals surface area (Å²) in [6.45, 7) is 0.455. The Balaban J connectivity index is 1.97. The SMILES string of the molecule is N#Cc1ccc(C(=O)NCc2ccc(Cl)s2)cc1. The van der Waals surface area contributed by atoms with Crippen LogP contribution in [0.25, 0.3) is 0 Å². The van der Waals surface area contributed by atoms with Crippen LogP contribution in [0, 0.1) is 11.3 Å². The maximum absolute atomic E-state index is 11.8. The average molecular weight is 277 g/mol. The number of nitrogens with one attached hydrogen (secondary N) is 1. The predicted octanol–water partition coefficient (Wildman–Crippen LogP) is 3.20. The zero-order valence-electron chi connectivity index (χ0n) is 9.31. The molecule has 0 unspecified atom stereocenters. The van der Waals surface area contributed by atoms with Gasteiger partial charge in [0.15, 0.2) is 0 Å². The molecule has 1 aromatic heterocycles. The fourth-order valence-corrected chi connectivity index (χ4v) is 2.44. The Labute approximate surface area is 114 Å². The summed E-state index contributed by atoms with van der Waals surface area (Å²) in [6.07, 6.45) is 0. The number of carbonyl (C=O) groups is 1. The summed E-state index contributed by atoms with van der Waals surface area (Å²) in [7, 11) is 0. The number of hydrogen-bond acceptors (Lipinski definition) is 3. The van der Waals surface area contributed by atoms with Crippen LogP contribution in [-0.4, -0.2) is 5.91 Å². The lowest BCUT2D eigenvalue weighted by Crippen LogP contribution is -2.22. The molecular formula is C13H9ClN2OS. The minimum atomic E-state index is -0.163. The Morgan fingerprint density at radius 1 is 1.28 bits per heavy atom. The van der Waals surface area contributed by atoms with E-state index in [1.807, 2.05) is 12.1 Å². The molecule has 0 fully saturated rings. The third kappa shape index (κ3) is 3.10. The highest BCUT2D eigenvalue weighted by Gasteiger charge is 2.06. The van der Waals surface area contributed by atoms with E-state index in [9.17, 15) is 4.79 Å². The van der Waals surface area contributed by atoms with E-state index >= 15 is 0 Å². The summed E-state index contributed by atoms with van der Waals surface area (Å²) in [5.74, 6) is -0.163. The number of thiophene rings is 1. The zero-order valence-corrected chi connectivity index (χ0v) is 10.9. The van der Waals surface area contributed by atoms with Crippen LogP contribution in [0.2, 0.25) is 4.34 Å². The molecule has 0 spiro atoms. The molecule has 0 aliphatic heterocycles. The minimum absolute atomic E-state index is 0.163.